The fourth-order valence-electron chi connectivity index (χ4n) is 1.49. The Balaban J connectivity index is 2.81. The van der Waals surface area contributed by atoms with Crippen LogP contribution in [0.1, 0.15) is 22.8 Å². The van der Waals surface area contributed by atoms with Crippen molar-refractivity contribution < 1.29 is 14.3 Å². The summed E-state index contributed by atoms with van der Waals surface area (Å²) in [5.74, 6) is -0.728. The quantitative estimate of drug-likeness (QED) is 0.788. The van der Waals surface area contributed by atoms with E-state index in [1.807, 2.05) is 13.0 Å². The number of hydrogen-bond donors (Lipinski definition) is 0. The second-order valence-corrected chi connectivity index (χ2v) is 4.28. The summed E-state index contributed by atoms with van der Waals surface area (Å²) >= 11 is 6.07. The van der Waals surface area contributed by atoms with Gasteiger partial charge in [-0.25, -0.2) is 0 Å². The smallest absolute Gasteiger partial charge is 0.325 e. The minimum atomic E-state index is -0.433. The zero-order valence-corrected chi connectivity index (χ0v) is 11.5. The van der Waals surface area contributed by atoms with Crippen LogP contribution >= 0.6 is 11.6 Å². The first kappa shape index (κ1) is 14.5. The van der Waals surface area contributed by atoms with Gasteiger partial charge in [0.25, 0.3) is 5.91 Å². The highest BCUT2D eigenvalue weighted by Gasteiger charge is 2.18. The highest BCUT2D eigenvalue weighted by Crippen LogP contribution is 2.21. The lowest BCUT2D eigenvalue weighted by Crippen LogP contribution is -2.33. The second-order valence-electron chi connectivity index (χ2n) is 3.90. The van der Waals surface area contributed by atoms with Gasteiger partial charge in [-0.3, -0.25) is 9.59 Å². The standard InChI is InChI=1S/C13H16ClNO3/c1-4-18-11(16)8-15(3)13(17)10-7-5-6-9(2)12(10)14/h5-7H,4,8H2,1-3H3. The number of likely N-dealkylation sites (N-methyl/N-ethyl adjacent to an activating group) is 1. The Kier molecular flexibility index (Phi) is 5.16. The molecule has 18 heavy (non-hydrogen) atoms. The van der Waals surface area contributed by atoms with Gasteiger partial charge >= 0.3 is 5.97 Å². The van der Waals surface area contributed by atoms with Crippen molar-refractivity contribution in [2.24, 2.45) is 0 Å². The number of ether oxygens (including phenoxy) is 1. The van der Waals surface area contributed by atoms with Gasteiger partial charge in [0.2, 0.25) is 0 Å². The molecule has 0 aliphatic rings. The molecule has 1 amide bonds. The summed E-state index contributed by atoms with van der Waals surface area (Å²) in [6.45, 7) is 3.75. The number of halogens is 1. The maximum atomic E-state index is 12.1. The molecule has 0 saturated carbocycles. The van der Waals surface area contributed by atoms with Crippen molar-refractivity contribution in [3.8, 4) is 0 Å². The van der Waals surface area contributed by atoms with Gasteiger partial charge in [-0.2, -0.15) is 0 Å². The normalized spacial score (nSPS) is 10.0. The summed E-state index contributed by atoms with van der Waals surface area (Å²) in [4.78, 5) is 24.7. The highest BCUT2D eigenvalue weighted by atomic mass is 35.5. The van der Waals surface area contributed by atoms with E-state index < -0.39 is 5.97 Å². The summed E-state index contributed by atoms with van der Waals surface area (Å²) in [6.07, 6.45) is 0. The molecule has 0 N–H and O–H groups in total. The molecule has 5 heteroatoms. The number of aryl methyl sites for hydroxylation is 1. The van der Waals surface area contributed by atoms with Gasteiger partial charge in [0.15, 0.2) is 0 Å². The molecule has 0 saturated heterocycles. The molecular weight excluding hydrogens is 254 g/mol. The summed E-state index contributed by atoms with van der Waals surface area (Å²) in [5.41, 5.74) is 1.22. The van der Waals surface area contributed by atoms with Gasteiger partial charge in [-0.05, 0) is 25.5 Å². The predicted octanol–water partition coefficient (Wildman–Crippen LogP) is 2.28. The molecule has 0 heterocycles. The van der Waals surface area contributed by atoms with Crippen LogP contribution in [-0.4, -0.2) is 37.0 Å². The predicted molar refractivity (Wildman–Crippen MR) is 69.8 cm³/mol. The van der Waals surface area contributed by atoms with Gasteiger partial charge in [0.05, 0.1) is 17.2 Å². The van der Waals surface area contributed by atoms with Gasteiger partial charge in [0, 0.05) is 7.05 Å². The first-order valence-corrected chi connectivity index (χ1v) is 6.01. The Labute approximate surface area is 111 Å². The van der Waals surface area contributed by atoms with Crippen LogP contribution in [0.2, 0.25) is 5.02 Å². The lowest BCUT2D eigenvalue weighted by atomic mass is 10.1. The average Bonchev–Trinajstić information content (AvgIpc) is 2.32. The average molecular weight is 270 g/mol. The monoisotopic (exact) mass is 269 g/mol. The van der Waals surface area contributed by atoms with Crippen molar-refractivity contribution >= 4 is 23.5 Å². The first-order valence-electron chi connectivity index (χ1n) is 5.63. The van der Waals surface area contributed by atoms with Gasteiger partial charge < -0.3 is 9.64 Å². The molecule has 4 nitrogen and oxygen atoms in total. The molecule has 98 valence electrons. The number of benzene rings is 1. The molecule has 0 radical (unpaired) electrons. The van der Waals surface area contributed by atoms with Crippen LogP contribution in [0.15, 0.2) is 18.2 Å². The molecule has 1 aromatic rings. The molecule has 0 aromatic heterocycles. The largest absolute Gasteiger partial charge is 0.465 e. The summed E-state index contributed by atoms with van der Waals surface area (Å²) in [5, 5.41) is 0.415. The van der Waals surface area contributed by atoms with Crippen LogP contribution in [0.5, 0.6) is 0 Å². The Morgan fingerprint density at radius 1 is 1.39 bits per heavy atom. The molecular formula is C13H16ClNO3. The van der Waals surface area contributed by atoms with E-state index in [2.05, 4.69) is 0 Å². The zero-order valence-electron chi connectivity index (χ0n) is 10.7. The van der Waals surface area contributed by atoms with Crippen molar-refractivity contribution in [1.29, 1.82) is 0 Å². The number of hydrogen-bond acceptors (Lipinski definition) is 3. The highest BCUT2D eigenvalue weighted by molar-refractivity contribution is 6.34. The van der Waals surface area contributed by atoms with E-state index in [4.69, 9.17) is 16.3 Å². The van der Waals surface area contributed by atoms with Gasteiger partial charge in [-0.1, -0.05) is 23.7 Å². The number of nitrogens with zero attached hydrogens (tertiary/aromatic N) is 1. The molecule has 0 atom stereocenters. The Hall–Kier alpha value is -1.55. The number of carbonyl (C=O) groups is 2. The molecule has 0 spiro atoms. The molecule has 0 fully saturated rings. The van der Waals surface area contributed by atoms with Crippen LogP contribution in [0.3, 0.4) is 0 Å². The second kappa shape index (κ2) is 6.40. The Morgan fingerprint density at radius 3 is 2.67 bits per heavy atom. The van der Waals surface area contributed by atoms with E-state index in [1.54, 1.807) is 19.1 Å². The Morgan fingerprint density at radius 2 is 2.06 bits per heavy atom. The number of amides is 1. The van der Waals surface area contributed by atoms with Crippen LogP contribution in [0.25, 0.3) is 0 Å². The minimum absolute atomic E-state index is 0.0864. The molecule has 0 aliphatic heterocycles. The van der Waals surface area contributed by atoms with E-state index in [9.17, 15) is 9.59 Å². The van der Waals surface area contributed by atoms with E-state index in [-0.39, 0.29) is 12.5 Å². The van der Waals surface area contributed by atoms with Crippen LogP contribution in [0, 0.1) is 6.92 Å². The van der Waals surface area contributed by atoms with Crippen molar-refractivity contribution in [2.75, 3.05) is 20.2 Å². The minimum Gasteiger partial charge on any atom is -0.465 e. The van der Waals surface area contributed by atoms with Crippen LogP contribution in [-0.2, 0) is 9.53 Å². The fourth-order valence-corrected chi connectivity index (χ4v) is 1.70. The van der Waals surface area contributed by atoms with Gasteiger partial charge in [-0.15, -0.1) is 0 Å². The first-order chi connectivity index (χ1) is 8.47. The molecule has 0 unspecified atom stereocenters. The van der Waals surface area contributed by atoms with Crippen LogP contribution < -0.4 is 0 Å². The van der Waals surface area contributed by atoms with Gasteiger partial charge in [0.1, 0.15) is 6.54 Å². The van der Waals surface area contributed by atoms with E-state index in [0.717, 1.165) is 5.56 Å². The number of esters is 1. The van der Waals surface area contributed by atoms with Crippen molar-refractivity contribution in [3.63, 3.8) is 0 Å². The third kappa shape index (κ3) is 3.47. The lowest BCUT2D eigenvalue weighted by Gasteiger charge is -2.17. The van der Waals surface area contributed by atoms with Crippen LogP contribution in [0.4, 0.5) is 0 Å². The molecule has 0 aliphatic carbocycles. The number of rotatable bonds is 4. The van der Waals surface area contributed by atoms with Crippen molar-refractivity contribution in [3.05, 3.63) is 34.3 Å². The van der Waals surface area contributed by atoms with E-state index in [0.29, 0.717) is 17.2 Å². The SMILES string of the molecule is CCOC(=O)CN(C)C(=O)c1cccc(C)c1Cl. The summed E-state index contributed by atoms with van der Waals surface area (Å²) in [6, 6.07) is 5.22. The maximum Gasteiger partial charge on any atom is 0.325 e. The summed E-state index contributed by atoms with van der Waals surface area (Å²) < 4.78 is 4.79. The fraction of sp³-hybridized carbons (Fsp3) is 0.385. The van der Waals surface area contributed by atoms with Crippen molar-refractivity contribution in [2.45, 2.75) is 13.8 Å². The van der Waals surface area contributed by atoms with Crippen molar-refractivity contribution in [1.82, 2.24) is 4.90 Å². The van der Waals surface area contributed by atoms with E-state index in [1.165, 1.54) is 11.9 Å². The molecule has 1 rings (SSSR count). The zero-order chi connectivity index (χ0) is 13.7. The lowest BCUT2D eigenvalue weighted by molar-refractivity contribution is -0.143. The van der Waals surface area contributed by atoms with E-state index >= 15 is 0 Å². The third-order valence-electron chi connectivity index (χ3n) is 2.44. The molecule has 0 bridgehead atoms. The maximum absolute atomic E-state index is 12.1. The Bertz CT molecular complexity index is 460. The topological polar surface area (TPSA) is 46.6 Å². The summed E-state index contributed by atoms with van der Waals surface area (Å²) in [7, 11) is 1.54. The third-order valence-corrected chi connectivity index (χ3v) is 2.94. The molecule has 1 aromatic carbocycles. The number of carbonyl (C=O) groups excluding carboxylic acids is 2.